The second-order valence-electron chi connectivity index (χ2n) is 1.67. The molecule has 0 aromatic carbocycles. The average molecular weight is 242 g/mol. The quantitative estimate of drug-likeness (QED) is 0.593. The Kier molecular flexibility index (Phi) is 1.98. The van der Waals surface area contributed by atoms with E-state index in [-0.39, 0.29) is 3.42 Å². The van der Waals surface area contributed by atoms with Crippen molar-refractivity contribution < 1.29 is 4.74 Å². The summed E-state index contributed by atoms with van der Waals surface area (Å²) >= 11 is 6.67. The predicted octanol–water partition coefficient (Wildman–Crippen LogP) is 2.75. The minimum atomic E-state index is -0.283. The minimum absolute atomic E-state index is 0.283. The molecule has 0 saturated carbocycles. The van der Waals surface area contributed by atoms with Crippen LogP contribution in [0.3, 0.4) is 0 Å². The van der Waals surface area contributed by atoms with Crippen LogP contribution in [0.2, 0.25) is 0 Å². The fourth-order valence-corrected chi connectivity index (χ4v) is 1.20. The van der Waals surface area contributed by atoms with Crippen molar-refractivity contribution >= 4 is 31.9 Å². The molecule has 0 aromatic heterocycles. The van der Waals surface area contributed by atoms with E-state index in [0.29, 0.717) is 0 Å². The standard InChI is InChI=1S/C5H6Br2O/c6-5(7)3-1-2-4-8-5/h2,4H,1,3H2. The van der Waals surface area contributed by atoms with Crippen molar-refractivity contribution in [2.45, 2.75) is 16.3 Å². The summed E-state index contributed by atoms with van der Waals surface area (Å²) in [6.45, 7) is 0. The Morgan fingerprint density at radius 3 is 2.50 bits per heavy atom. The molecular formula is C5H6Br2O. The van der Waals surface area contributed by atoms with Crippen LogP contribution < -0.4 is 0 Å². The van der Waals surface area contributed by atoms with E-state index in [0.717, 1.165) is 12.8 Å². The number of rotatable bonds is 0. The Hall–Kier alpha value is 0.500. The van der Waals surface area contributed by atoms with Gasteiger partial charge in [-0.05, 0) is 44.4 Å². The monoisotopic (exact) mass is 240 g/mol. The van der Waals surface area contributed by atoms with Crippen LogP contribution in [0.4, 0.5) is 0 Å². The molecule has 46 valence electrons. The van der Waals surface area contributed by atoms with Gasteiger partial charge in [0.05, 0.1) is 6.26 Å². The molecule has 0 aromatic rings. The largest absolute Gasteiger partial charge is 0.474 e. The molecule has 0 aliphatic carbocycles. The molecule has 1 nitrogen and oxygen atoms in total. The van der Waals surface area contributed by atoms with Crippen LogP contribution in [0.5, 0.6) is 0 Å². The molecule has 0 unspecified atom stereocenters. The Balaban J connectivity index is 2.50. The third-order valence-electron chi connectivity index (χ3n) is 0.939. The maximum atomic E-state index is 5.12. The van der Waals surface area contributed by atoms with E-state index in [9.17, 15) is 0 Å². The highest BCUT2D eigenvalue weighted by Crippen LogP contribution is 2.35. The van der Waals surface area contributed by atoms with Crippen molar-refractivity contribution in [3.8, 4) is 0 Å². The fraction of sp³-hybridized carbons (Fsp3) is 0.600. The van der Waals surface area contributed by atoms with Gasteiger partial charge in [-0.15, -0.1) is 0 Å². The Morgan fingerprint density at radius 1 is 1.50 bits per heavy atom. The number of allylic oxidation sites excluding steroid dienone is 1. The van der Waals surface area contributed by atoms with Gasteiger partial charge in [0.1, 0.15) is 0 Å². The van der Waals surface area contributed by atoms with Gasteiger partial charge in [0.25, 0.3) is 0 Å². The zero-order chi connectivity index (χ0) is 6.04. The smallest absolute Gasteiger partial charge is 0.217 e. The summed E-state index contributed by atoms with van der Waals surface area (Å²) in [5.74, 6) is 0. The molecule has 1 aliphatic rings. The highest BCUT2D eigenvalue weighted by molar-refractivity contribution is 9.25. The Labute approximate surface area is 65.4 Å². The molecule has 1 rings (SSSR count). The molecular weight excluding hydrogens is 236 g/mol. The molecule has 0 bridgehead atoms. The van der Waals surface area contributed by atoms with E-state index in [1.165, 1.54) is 0 Å². The topological polar surface area (TPSA) is 9.23 Å². The first-order valence-corrected chi connectivity index (χ1v) is 4.00. The van der Waals surface area contributed by atoms with Crippen molar-refractivity contribution in [1.82, 2.24) is 0 Å². The first-order chi connectivity index (χ1) is 3.71. The first kappa shape index (κ1) is 6.62. The highest BCUT2D eigenvalue weighted by Gasteiger charge is 2.23. The number of hydrogen-bond donors (Lipinski definition) is 0. The third-order valence-corrected chi connectivity index (χ3v) is 2.11. The summed E-state index contributed by atoms with van der Waals surface area (Å²) in [7, 11) is 0. The van der Waals surface area contributed by atoms with Crippen molar-refractivity contribution in [2.75, 3.05) is 0 Å². The van der Waals surface area contributed by atoms with E-state index in [1.54, 1.807) is 6.26 Å². The van der Waals surface area contributed by atoms with Gasteiger partial charge in [-0.2, -0.15) is 0 Å². The lowest BCUT2D eigenvalue weighted by atomic mass is 10.3. The lowest BCUT2D eigenvalue weighted by Crippen LogP contribution is -2.14. The second-order valence-corrected chi connectivity index (χ2v) is 5.29. The van der Waals surface area contributed by atoms with Gasteiger partial charge >= 0.3 is 0 Å². The molecule has 1 heterocycles. The predicted molar refractivity (Wildman–Crippen MR) is 40.0 cm³/mol. The summed E-state index contributed by atoms with van der Waals surface area (Å²) in [5.41, 5.74) is 0. The normalized spacial score (nSPS) is 24.8. The summed E-state index contributed by atoms with van der Waals surface area (Å²) in [5, 5.41) is 0. The van der Waals surface area contributed by atoms with Gasteiger partial charge < -0.3 is 4.74 Å². The minimum Gasteiger partial charge on any atom is -0.474 e. The van der Waals surface area contributed by atoms with E-state index in [4.69, 9.17) is 4.74 Å². The van der Waals surface area contributed by atoms with E-state index in [2.05, 4.69) is 31.9 Å². The summed E-state index contributed by atoms with van der Waals surface area (Å²) in [6, 6.07) is 0. The van der Waals surface area contributed by atoms with Gasteiger partial charge in [0.15, 0.2) is 0 Å². The van der Waals surface area contributed by atoms with E-state index < -0.39 is 0 Å². The van der Waals surface area contributed by atoms with Crippen molar-refractivity contribution in [3.63, 3.8) is 0 Å². The van der Waals surface area contributed by atoms with Gasteiger partial charge in [0, 0.05) is 6.42 Å². The third kappa shape index (κ3) is 1.78. The Morgan fingerprint density at radius 2 is 2.25 bits per heavy atom. The molecule has 0 fully saturated rings. The maximum Gasteiger partial charge on any atom is 0.217 e. The highest BCUT2D eigenvalue weighted by atomic mass is 79.9. The molecule has 0 saturated heterocycles. The van der Waals surface area contributed by atoms with Crippen LogP contribution in [0, 0.1) is 0 Å². The molecule has 0 spiro atoms. The van der Waals surface area contributed by atoms with Gasteiger partial charge in [-0.1, -0.05) is 0 Å². The first-order valence-electron chi connectivity index (χ1n) is 2.41. The van der Waals surface area contributed by atoms with Gasteiger partial charge in [-0.25, -0.2) is 0 Å². The van der Waals surface area contributed by atoms with Crippen molar-refractivity contribution in [2.24, 2.45) is 0 Å². The van der Waals surface area contributed by atoms with Crippen molar-refractivity contribution in [1.29, 1.82) is 0 Å². The second kappa shape index (κ2) is 2.40. The molecule has 0 radical (unpaired) electrons. The molecule has 0 atom stereocenters. The van der Waals surface area contributed by atoms with Crippen LogP contribution in [-0.4, -0.2) is 3.42 Å². The lowest BCUT2D eigenvalue weighted by molar-refractivity contribution is 0.183. The summed E-state index contributed by atoms with van der Waals surface area (Å²) < 4.78 is 4.84. The van der Waals surface area contributed by atoms with Crippen LogP contribution in [-0.2, 0) is 4.74 Å². The zero-order valence-corrected chi connectivity index (χ0v) is 7.41. The molecule has 3 heteroatoms. The number of alkyl halides is 2. The van der Waals surface area contributed by atoms with E-state index >= 15 is 0 Å². The van der Waals surface area contributed by atoms with Gasteiger partial charge in [0.2, 0.25) is 3.42 Å². The van der Waals surface area contributed by atoms with Crippen LogP contribution in [0.15, 0.2) is 12.3 Å². The fourth-order valence-electron chi connectivity index (χ4n) is 0.526. The summed E-state index contributed by atoms with van der Waals surface area (Å²) in [4.78, 5) is 0. The molecule has 0 amide bonds. The van der Waals surface area contributed by atoms with Gasteiger partial charge in [-0.3, -0.25) is 0 Å². The molecule has 0 N–H and O–H groups in total. The Bertz CT molecular complexity index is 109. The molecule has 8 heavy (non-hydrogen) atoms. The van der Waals surface area contributed by atoms with Crippen LogP contribution in [0.25, 0.3) is 0 Å². The maximum absolute atomic E-state index is 5.12. The van der Waals surface area contributed by atoms with Crippen LogP contribution >= 0.6 is 31.9 Å². The van der Waals surface area contributed by atoms with E-state index in [1.807, 2.05) is 6.08 Å². The average Bonchev–Trinajstić information content (AvgIpc) is 1.65. The lowest BCUT2D eigenvalue weighted by Gasteiger charge is -2.21. The zero-order valence-electron chi connectivity index (χ0n) is 4.23. The molecule has 1 aliphatic heterocycles. The number of ether oxygens (including phenoxy) is 1. The number of halogens is 2. The number of hydrogen-bond acceptors (Lipinski definition) is 1. The van der Waals surface area contributed by atoms with Crippen molar-refractivity contribution in [3.05, 3.63) is 12.3 Å². The SMILES string of the molecule is BrC1(Br)CCC=CO1. The summed E-state index contributed by atoms with van der Waals surface area (Å²) in [6.07, 6.45) is 5.74. The van der Waals surface area contributed by atoms with Crippen LogP contribution in [0.1, 0.15) is 12.8 Å².